The monoisotopic (exact) mass is 648 g/mol. The van der Waals surface area contributed by atoms with Crippen molar-refractivity contribution in [1.82, 2.24) is 19.1 Å². The Morgan fingerprint density at radius 1 is 0.551 bits per heavy atom. The normalized spacial score (nSPS) is 17.4. The van der Waals surface area contributed by atoms with Gasteiger partial charge >= 0.3 is 0 Å². The van der Waals surface area contributed by atoms with E-state index in [2.05, 4.69) is 134 Å². The minimum Gasteiger partial charge on any atom is -0.304 e. The van der Waals surface area contributed by atoms with Crippen LogP contribution in [0.2, 0.25) is 0 Å². The van der Waals surface area contributed by atoms with E-state index in [9.17, 15) is 0 Å². The van der Waals surface area contributed by atoms with Gasteiger partial charge in [-0.15, -0.1) is 0 Å². The third-order valence-corrected chi connectivity index (χ3v) is 12.5. The zero-order valence-corrected chi connectivity index (χ0v) is 30.0. The smallest absolute Gasteiger partial charge is 0.137 e. The summed E-state index contributed by atoms with van der Waals surface area (Å²) in [5, 5.41) is 5.27. The highest BCUT2D eigenvalue weighted by molar-refractivity contribution is 5.87. The number of rotatable bonds is 10. The van der Waals surface area contributed by atoms with Crippen molar-refractivity contribution in [2.24, 2.45) is 10.8 Å². The third kappa shape index (κ3) is 6.13. The van der Waals surface area contributed by atoms with Crippen molar-refractivity contribution in [3.63, 3.8) is 0 Å². The molecule has 4 heteroatoms. The third-order valence-electron chi connectivity index (χ3n) is 12.5. The van der Waals surface area contributed by atoms with Gasteiger partial charge < -0.3 is 9.13 Å². The summed E-state index contributed by atoms with van der Waals surface area (Å²) in [6.45, 7) is 9.53. The highest BCUT2D eigenvalue weighted by Gasteiger charge is 2.31. The van der Waals surface area contributed by atoms with E-state index in [1.807, 2.05) is 0 Å². The van der Waals surface area contributed by atoms with Gasteiger partial charge in [0.25, 0.3) is 0 Å². The van der Waals surface area contributed by atoms with Crippen LogP contribution < -0.4 is 0 Å². The van der Waals surface area contributed by atoms with Crippen LogP contribution in [0.1, 0.15) is 115 Å². The van der Waals surface area contributed by atoms with Crippen LogP contribution in [0.4, 0.5) is 0 Å². The Kier molecular flexibility index (Phi) is 8.25. The Bertz CT molecular complexity index is 1950. The first-order valence-electron chi connectivity index (χ1n) is 18.9. The average molecular weight is 649 g/mol. The molecule has 0 amide bonds. The Morgan fingerprint density at radius 2 is 0.959 bits per heavy atom. The zero-order chi connectivity index (χ0) is 33.6. The Labute approximate surface area is 292 Å². The predicted molar refractivity (Wildman–Crippen MR) is 204 cm³/mol. The van der Waals surface area contributed by atoms with Crippen molar-refractivity contribution in [3.05, 3.63) is 120 Å². The number of benzene rings is 2. The van der Waals surface area contributed by atoms with Gasteiger partial charge in [0.05, 0.1) is 11.4 Å². The minimum absolute atomic E-state index is 0.389. The molecular weight excluding hydrogens is 597 g/mol. The molecule has 2 saturated carbocycles. The molecule has 4 nitrogen and oxygen atoms in total. The molecule has 0 aliphatic heterocycles. The van der Waals surface area contributed by atoms with E-state index in [-0.39, 0.29) is 5.41 Å². The van der Waals surface area contributed by atoms with Crippen molar-refractivity contribution >= 4 is 21.5 Å². The summed E-state index contributed by atoms with van der Waals surface area (Å²) in [4.78, 5) is 10.8. The number of nitrogens with zero attached hydrogens (tertiary/aromatic N) is 4. The van der Waals surface area contributed by atoms with Gasteiger partial charge in [0.1, 0.15) is 11.6 Å². The second-order valence-corrected chi connectivity index (χ2v) is 16.5. The van der Waals surface area contributed by atoms with Gasteiger partial charge in [0.2, 0.25) is 0 Å². The van der Waals surface area contributed by atoms with Crippen molar-refractivity contribution in [2.75, 3.05) is 0 Å². The molecule has 0 atom stereocenters. The maximum absolute atomic E-state index is 5.40. The van der Waals surface area contributed by atoms with Crippen molar-refractivity contribution in [2.45, 2.75) is 110 Å². The minimum atomic E-state index is -0.389. The van der Waals surface area contributed by atoms with Crippen LogP contribution in [-0.2, 0) is 18.3 Å². The van der Waals surface area contributed by atoms with Gasteiger partial charge in [0.15, 0.2) is 0 Å². The first kappa shape index (κ1) is 32.0. The van der Waals surface area contributed by atoms with Gasteiger partial charge in [-0.05, 0) is 100 Å². The lowest BCUT2D eigenvalue weighted by Crippen LogP contribution is -2.23. The molecule has 0 N–H and O–H groups in total. The molecular formula is C45H52N4. The highest BCUT2D eigenvalue weighted by Crippen LogP contribution is 2.43. The molecule has 0 saturated heterocycles. The summed E-state index contributed by atoms with van der Waals surface area (Å²) < 4.78 is 4.74. The van der Waals surface area contributed by atoms with Crippen LogP contribution in [0.3, 0.4) is 0 Å². The summed E-state index contributed by atoms with van der Waals surface area (Å²) in [6.07, 6.45) is 20.0. The molecule has 252 valence electrons. The molecule has 6 aromatic rings. The highest BCUT2D eigenvalue weighted by atomic mass is 15.1. The lowest BCUT2D eigenvalue weighted by Gasteiger charge is -2.26. The van der Waals surface area contributed by atoms with E-state index < -0.39 is 0 Å². The van der Waals surface area contributed by atoms with E-state index in [1.165, 1.54) is 97.1 Å². The lowest BCUT2D eigenvalue weighted by atomic mass is 9.83. The predicted octanol–water partition coefficient (Wildman–Crippen LogP) is 11.7. The topological polar surface area (TPSA) is 35.6 Å². The van der Waals surface area contributed by atoms with Crippen LogP contribution in [0, 0.1) is 10.8 Å². The zero-order valence-electron chi connectivity index (χ0n) is 30.0. The molecule has 0 spiro atoms. The second kappa shape index (κ2) is 12.6. The van der Waals surface area contributed by atoms with Crippen LogP contribution in [0.25, 0.3) is 33.2 Å². The largest absolute Gasteiger partial charge is 0.304 e. The summed E-state index contributed by atoms with van der Waals surface area (Å²) in [5.41, 5.74) is 5.34. The number of fused-ring (bicyclic) bond motifs is 2. The quantitative estimate of drug-likeness (QED) is 0.148. The van der Waals surface area contributed by atoms with E-state index in [4.69, 9.17) is 9.97 Å². The number of hydrogen-bond acceptors (Lipinski definition) is 2. The molecule has 8 rings (SSSR count). The van der Waals surface area contributed by atoms with Gasteiger partial charge in [-0.2, -0.15) is 0 Å². The summed E-state index contributed by atoms with van der Waals surface area (Å²) in [7, 11) is 0. The molecule has 4 aromatic heterocycles. The lowest BCUT2D eigenvalue weighted by molar-refractivity contribution is 0.307. The Morgan fingerprint density at radius 3 is 1.39 bits per heavy atom. The molecule has 0 radical (unpaired) electrons. The molecule has 0 unspecified atom stereocenters. The number of hydrogen-bond donors (Lipinski definition) is 0. The molecule has 0 bridgehead atoms. The van der Waals surface area contributed by atoms with E-state index in [1.54, 1.807) is 0 Å². The van der Waals surface area contributed by atoms with E-state index in [0.29, 0.717) is 10.8 Å². The standard InChI is InChI=1S/C45H52N4/c1-43(2,39-19-13-21-41(46-39)48-31-33-15-5-7-17-35(33)37(48)23-29-44(3)25-9-10-26-44)40-20-14-22-42(47-40)49-32-34-16-6-8-18-36(34)38(49)24-30-45(4)27-11-12-28-45/h5-8,13-22,31-32H,9-12,23-30H2,1-4H3. The SMILES string of the molecule is CC1(CCc2c3ccccc3cn2-c2cccc(C(C)(C)c3cccc(-n4cc5ccccc5c4CCC4(C)CCCC4)n3)n2)CCCC1. The van der Waals surface area contributed by atoms with Crippen LogP contribution in [0.15, 0.2) is 97.3 Å². The molecule has 2 fully saturated rings. The van der Waals surface area contributed by atoms with Crippen LogP contribution in [-0.4, -0.2) is 19.1 Å². The van der Waals surface area contributed by atoms with E-state index in [0.717, 1.165) is 35.9 Å². The summed E-state index contributed by atoms with van der Waals surface area (Å²) in [5.74, 6) is 1.98. The number of pyridine rings is 2. The molecule has 2 aliphatic rings. The molecule has 2 aliphatic carbocycles. The number of aromatic nitrogens is 4. The van der Waals surface area contributed by atoms with Crippen molar-refractivity contribution in [3.8, 4) is 11.6 Å². The van der Waals surface area contributed by atoms with Crippen LogP contribution in [0.5, 0.6) is 0 Å². The molecule has 2 aromatic carbocycles. The van der Waals surface area contributed by atoms with Crippen molar-refractivity contribution in [1.29, 1.82) is 0 Å². The Balaban J connectivity index is 1.13. The second-order valence-electron chi connectivity index (χ2n) is 16.5. The van der Waals surface area contributed by atoms with Crippen molar-refractivity contribution < 1.29 is 0 Å². The first-order valence-corrected chi connectivity index (χ1v) is 18.9. The fourth-order valence-corrected chi connectivity index (χ4v) is 9.10. The average Bonchev–Trinajstić information content (AvgIpc) is 3.92. The maximum Gasteiger partial charge on any atom is 0.137 e. The summed E-state index contributed by atoms with van der Waals surface area (Å²) >= 11 is 0. The fourth-order valence-electron chi connectivity index (χ4n) is 9.10. The van der Waals surface area contributed by atoms with E-state index >= 15 is 0 Å². The van der Waals surface area contributed by atoms with Gasteiger partial charge in [-0.25, -0.2) is 9.97 Å². The Hall–Kier alpha value is -4.18. The molecule has 4 heterocycles. The first-order chi connectivity index (χ1) is 23.7. The maximum atomic E-state index is 5.40. The number of aryl methyl sites for hydroxylation is 2. The molecule has 49 heavy (non-hydrogen) atoms. The van der Waals surface area contributed by atoms with Gasteiger partial charge in [-0.3, -0.25) is 0 Å². The van der Waals surface area contributed by atoms with Gasteiger partial charge in [-0.1, -0.05) is 100 Å². The van der Waals surface area contributed by atoms with Gasteiger partial charge in [0, 0.05) is 50.7 Å². The fraction of sp³-hybridized carbons (Fsp3) is 0.422. The van der Waals surface area contributed by atoms with Crippen LogP contribution >= 0.6 is 0 Å². The summed E-state index contributed by atoms with van der Waals surface area (Å²) in [6, 6.07) is 30.7.